The molecule has 1 fully saturated rings. The standard InChI is InChI=1S/C42H56N4O8S4/c47-55(48,39-15-5-1-6-16-39)35-31-43-23-13-24-45(33-37-57(51,52)41-19-9-3-10-20-41)29-30-46(34-38-58(53,54)42-21-11-4-12-22-42)26-14-25-44(28-27-43)32-36-56(49,50)40-17-7-2-8-18-40/h1-12,15-22H,13-14,23-38H2. The lowest BCUT2D eigenvalue weighted by Crippen LogP contribution is -2.44. The van der Waals surface area contributed by atoms with Gasteiger partial charge in [-0.15, -0.1) is 0 Å². The van der Waals surface area contributed by atoms with E-state index in [4.69, 9.17) is 0 Å². The van der Waals surface area contributed by atoms with Crippen LogP contribution in [0.1, 0.15) is 12.8 Å². The zero-order chi connectivity index (χ0) is 41.5. The first-order valence-corrected chi connectivity index (χ1v) is 26.4. The van der Waals surface area contributed by atoms with E-state index >= 15 is 0 Å². The van der Waals surface area contributed by atoms with Crippen molar-refractivity contribution < 1.29 is 33.7 Å². The molecule has 316 valence electrons. The largest absolute Gasteiger partial charge is 0.301 e. The highest BCUT2D eigenvalue weighted by Gasteiger charge is 2.23. The summed E-state index contributed by atoms with van der Waals surface area (Å²) < 4.78 is 106. The number of hydrogen-bond acceptors (Lipinski definition) is 12. The Morgan fingerprint density at radius 3 is 0.672 bits per heavy atom. The summed E-state index contributed by atoms with van der Waals surface area (Å²) in [5, 5.41) is 0. The van der Waals surface area contributed by atoms with Gasteiger partial charge in [0, 0.05) is 52.4 Å². The third-order valence-electron chi connectivity index (χ3n) is 10.5. The molecular formula is C42H56N4O8S4. The molecule has 12 nitrogen and oxygen atoms in total. The summed E-state index contributed by atoms with van der Waals surface area (Å²) in [5.41, 5.74) is 0. The topological polar surface area (TPSA) is 150 Å². The number of benzene rings is 4. The van der Waals surface area contributed by atoms with Crippen LogP contribution in [0.2, 0.25) is 0 Å². The molecule has 4 aromatic rings. The highest BCUT2D eigenvalue weighted by Crippen LogP contribution is 2.15. The van der Waals surface area contributed by atoms with Crippen molar-refractivity contribution in [3.63, 3.8) is 0 Å². The van der Waals surface area contributed by atoms with Gasteiger partial charge in [-0.1, -0.05) is 72.8 Å². The first kappa shape index (κ1) is 45.6. The Labute approximate surface area is 346 Å². The van der Waals surface area contributed by atoms with Gasteiger partial charge in [0.2, 0.25) is 0 Å². The number of hydrogen-bond donors (Lipinski definition) is 0. The predicted octanol–water partition coefficient (Wildman–Crippen LogP) is 3.88. The minimum absolute atomic E-state index is 0.0840. The molecule has 1 aliphatic heterocycles. The summed E-state index contributed by atoms with van der Waals surface area (Å²) in [4.78, 5) is 9.45. The minimum atomic E-state index is -3.56. The fourth-order valence-electron chi connectivity index (χ4n) is 6.92. The zero-order valence-corrected chi connectivity index (χ0v) is 36.2. The van der Waals surface area contributed by atoms with Gasteiger partial charge in [-0.25, -0.2) is 33.7 Å². The monoisotopic (exact) mass is 872 g/mol. The molecule has 0 aromatic heterocycles. The lowest BCUT2D eigenvalue weighted by Gasteiger charge is -2.32. The Morgan fingerprint density at radius 2 is 0.483 bits per heavy atom. The van der Waals surface area contributed by atoms with Crippen LogP contribution in [-0.2, 0) is 39.3 Å². The molecule has 1 heterocycles. The first-order chi connectivity index (χ1) is 27.7. The van der Waals surface area contributed by atoms with Crippen molar-refractivity contribution >= 4 is 39.3 Å². The Balaban J connectivity index is 1.34. The van der Waals surface area contributed by atoms with Crippen LogP contribution < -0.4 is 0 Å². The van der Waals surface area contributed by atoms with Crippen LogP contribution in [0, 0.1) is 0 Å². The maximum Gasteiger partial charge on any atom is 0.179 e. The van der Waals surface area contributed by atoms with Gasteiger partial charge in [0.1, 0.15) is 0 Å². The molecule has 0 N–H and O–H groups in total. The fraction of sp³-hybridized carbons (Fsp3) is 0.429. The van der Waals surface area contributed by atoms with E-state index in [9.17, 15) is 33.7 Å². The average Bonchev–Trinajstić information content (AvgIpc) is 3.23. The zero-order valence-electron chi connectivity index (χ0n) is 33.0. The van der Waals surface area contributed by atoms with Crippen molar-refractivity contribution in [3.05, 3.63) is 121 Å². The molecule has 1 aliphatic rings. The van der Waals surface area contributed by atoms with E-state index in [1.54, 1.807) is 121 Å². The van der Waals surface area contributed by atoms with Gasteiger partial charge >= 0.3 is 0 Å². The molecule has 16 heteroatoms. The summed E-state index contributed by atoms with van der Waals surface area (Å²) >= 11 is 0. The summed E-state index contributed by atoms with van der Waals surface area (Å²) in [7, 11) is -14.2. The molecule has 0 radical (unpaired) electrons. The molecule has 0 unspecified atom stereocenters. The summed E-state index contributed by atoms with van der Waals surface area (Å²) in [6, 6.07) is 33.4. The smallest absolute Gasteiger partial charge is 0.179 e. The maximum atomic E-state index is 13.3. The van der Waals surface area contributed by atoms with Crippen LogP contribution in [-0.4, -0.2) is 155 Å². The Morgan fingerprint density at radius 1 is 0.293 bits per heavy atom. The van der Waals surface area contributed by atoms with Crippen molar-refractivity contribution in [1.82, 2.24) is 19.6 Å². The van der Waals surface area contributed by atoms with E-state index in [1.165, 1.54) is 0 Å². The van der Waals surface area contributed by atoms with E-state index in [-0.39, 0.29) is 68.8 Å². The SMILES string of the molecule is O=S(=O)(CCN1CCCN(CCS(=O)(=O)c2ccccc2)CCN(CCS(=O)(=O)c2ccccc2)CCCN(CCS(=O)(=O)c2ccccc2)CC1)c1ccccc1. The molecule has 0 saturated carbocycles. The van der Waals surface area contributed by atoms with Crippen molar-refractivity contribution in [2.24, 2.45) is 0 Å². The maximum absolute atomic E-state index is 13.3. The summed E-state index contributed by atoms with van der Waals surface area (Å²) in [6.45, 7) is 5.27. The molecule has 0 spiro atoms. The van der Waals surface area contributed by atoms with Crippen LogP contribution in [0.5, 0.6) is 0 Å². The fourth-order valence-corrected chi connectivity index (χ4v) is 12.1. The highest BCUT2D eigenvalue weighted by molar-refractivity contribution is 7.92. The van der Waals surface area contributed by atoms with Gasteiger partial charge in [-0.3, -0.25) is 0 Å². The van der Waals surface area contributed by atoms with Gasteiger partial charge in [0.15, 0.2) is 39.3 Å². The Kier molecular flexibility index (Phi) is 17.0. The van der Waals surface area contributed by atoms with E-state index < -0.39 is 39.3 Å². The van der Waals surface area contributed by atoms with Crippen molar-refractivity contribution in [3.8, 4) is 0 Å². The lowest BCUT2D eigenvalue weighted by molar-refractivity contribution is 0.169. The average molecular weight is 873 g/mol. The first-order valence-electron chi connectivity index (χ1n) is 19.7. The third kappa shape index (κ3) is 14.4. The van der Waals surface area contributed by atoms with Crippen LogP contribution >= 0.6 is 0 Å². The molecule has 4 aromatic carbocycles. The summed E-state index contributed by atoms with van der Waals surface area (Å²) in [6.07, 6.45) is 1.25. The number of nitrogens with zero attached hydrogens (tertiary/aromatic N) is 4. The highest BCUT2D eigenvalue weighted by atomic mass is 32.2. The van der Waals surface area contributed by atoms with Crippen LogP contribution in [0.15, 0.2) is 141 Å². The van der Waals surface area contributed by atoms with Gasteiger partial charge in [0.25, 0.3) is 0 Å². The summed E-state index contributed by atoms with van der Waals surface area (Å²) in [5.74, 6) is -0.336. The molecular weight excluding hydrogens is 817 g/mol. The van der Waals surface area contributed by atoms with Gasteiger partial charge in [-0.05, 0) is 87.6 Å². The molecule has 0 amide bonds. The van der Waals surface area contributed by atoms with E-state index in [0.717, 1.165) is 0 Å². The lowest BCUT2D eigenvalue weighted by atomic mass is 10.3. The quantitative estimate of drug-likeness (QED) is 0.161. The second-order valence-corrected chi connectivity index (χ2v) is 23.0. The van der Waals surface area contributed by atoms with E-state index in [2.05, 4.69) is 19.6 Å². The molecule has 58 heavy (non-hydrogen) atoms. The Bertz CT molecular complexity index is 1960. The third-order valence-corrected chi connectivity index (χ3v) is 17.3. The van der Waals surface area contributed by atoms with Crippen LogP contribution in [0.4, 0.5) is 0 Å². The van der Waals surface area contributed by atoms with Gasteiger partial charge < -0.3 is 19.6 Å². The predicted molar refractivity (Wildman–Crippen MR) is 229 cm³/mol. The van der Waals surface area contributed by atoms with Crippen molar-refractivity contribution in [1.29, 1.82) is 0 Å². The normalized spacial score (nSPS) is 17.1. The van der Waals surface area contributed by atoms with Gasteiger partial charge in [0.05, 0.1) is 42.6 Å². The molecule has 0 atom stereocenters. The van der Waals surface area contributed by atoms with E-state index in [1.807, 2.05) is 0 Å². The van der Waals surface area contributed by atoms with Crippen LogP contribution in [0.3, 0.4) is 0 Å². The van der Waals surface area contributed by atoms with Crippen molar-refractivity contribution in [2.75, 3.05) is 102 Å². The molecule has 5 rings (SSSR count). The van der Waals surface area contributed by atoms with E-state index in [0.29, 0.717) is 65.2 Å². The van der Waals surface area contributed by atoms with Crippen molar-refractivity contribution in [2.45, 2.75) is 32.4 Å². The van der Waals surface area contributed by atoms with Gasteiger partial charge in [-0.2, -0.15) is 0 Å². The minimum Gasteiger partial charge on any atom is -0.301 e. The second-order valence-electron chi connectivity index (χ2n) is 14.6. The molecule has 1 saturated heterocycles. The number of rotatable bonds is 16. The number of sulfone groups is 4. The second kappa shape index (κ2) is 21.7. The molecule has 0 bridgehead atoms. The Hall–Kier alpha value is -3.48. The molecule has 0 aliphatic carbocycles. The van der Waals surface area contributed by atoms with Crippen LogP contribution in [0.25, 0.3) is 0 Å².